The number of hydrogen-bond acceptors (Lipinski definition) is 0. The van der Waals surface area contributed by atoms with Gasteiger partial charge in [-0.3, -0.25) is 0 Å². The predicted molar refractivity (Wildman–Crippen MR) is 197 cm³/mol. The molecule has 0 radical (unpaired) electrons. The van der Waals surface area contributed by atoms with Crippen LogP contribution in [0.1, 0.15) is 117 Å². The fourth-order valence-corrected chi connectivity index (χ4v) is 6.71. The topological polar surface area (TPSA) is 0 Å². The van der Waals surface area contributed by atoms with Gasteiger partial charge >= 0.3 is 0 Å². The highest BCUT2D eigenvalue weighted by molar-refractivity contribution is 7.11. The van der Waals surface area contributed by atoms with Crippen LogP contribution in [0.4, 0.5) is 0 Å². The lowest BCUT2D eigenvalue weighted by Gasteiger charge is -2.43. The Bertz CT molecular complexity index is 929. The maximum absolute atomic E-state index is 2.30. The molecule has 0 aromatic heterocycles. The highest BCUT2D eigenvalue weighted by Crippen LogP contribution is 2.17. The summed E-state index contributed by atoms with van der Waals surface area (Å²) in [6, 6.07) is 33.2. The average Bonchev–Trinajstić information content (AvgIpc) is 3.03. The lowest BCUT2D eigenvalue weighted by Crippen LogP contribution is -2.66. The molecule has 0 heterocycles. The van der Waals surface area contributed by atoms with Crippen molar-refractivity contribution in [2.24, 2.45) is 0 Å². The van der Waals surface area contributed by atoms with Gasteiger partial charge in [0.1, 0.15) is 0 Å². The highest BCUT2D eigenvalue weighted by Gasteiger charge is 2.28. The quantitative estimate of drug-likeness (QED) is 0.0665. The van der Waals surface area contributed by atoms with E-state index in [1.165, 1.54) is 132 Å². The van der Waals surface area contributed by atoms with Crippen LogP contribution in [-0.4, -0.2) is 38.3 Å². The molecule has 0 amide bonds. The smallest absolute Gasteiger partial charge is 0.0814 e. The lowest BCUT2D eigenvalue weighted by atomic mass is 9.14. The van der Waals surface area contributed by atoms with E-state index in [1.807, 2.05) is 0 Å². The normalized spacial score (nSPS) is 11.7. The molecule has 0 saturated heterocycles. The molecule has 0 saturated carbocycles. The summed E-state index contributed by atoms with van der Waals surface area (Å²) < 4.78 is 1.12. The molecule has 2 heteroatoms. The molecule has 0 fully saturated rings. The summed E-state index contributed by atoms with van der Waals surface area (Å²) in [6.07, 6.45) is 23.1. The number of quaternary nitrogens is 1. The molecule has 3 aromatic rings. The summed E-state index contributed by atoms with van der Waals surface area (Å²) in [6.45, 7) is 5.90. The van der Waals surface area contributed by atoms with Crippen LogP contribution in [0.25, 0.3) is 0 Å². The van der Waals surface area contributed by atoms with Gasteiger partial charge in [-0.25, -0.2) is 0 Å². The van der Waals surface area contributed by atoms with E-state index in [4.69, 9.17) is 0 Å². The van der Waals surface area contributed by atoms with Crippen molar-refractivity contribution in [3.63, 3.8) is 0 Å². The highest BCUT2D eigenvalue weighted by atomic mass is 15.3. The number of benzene rings is 3. The van der Waals surface area contributed by atoms with Crippen LogP contribution in [0.15, 0.2) is 91.0 Å². The van der Waals surface area contributed by atoms with Gasteiger partial charge in [0.25, 0.3) is 0 Å². The molecule has 1 nitrogen and oxygen atoms in total. The third kappa shape index (κ3) is 14.8. The SMILES string of the molecule is CCCCCCCCCCCCCCCC[N+](C)(C)C.CCCC[B-](c1ccccc1)(c1ccccc1)c1ccccc1. The van der Waals surface area contributed by atoms with Gasteiger partial charge in [0.05, 0.1) is 33.8 Å². The van der Waals surface area contributed by atoms with Crippen LogP contribution >= 0.6 is 0 Å². The third-order valence-electron chi connectivity index (χ3n) is 9.28. The van der Waals surface area contributed by atoms with E-state index in [-0.39, 0.29) is 0 Å². The Balaban J connectivity index is 0.000000304. The van der Waals surface area contributed by atoms with Crippen molar-refractivity contribution in [3.05, 3.63) is 91.0 Å². The van der Waals surface area contributed by atoms with Crippen molar-refractivity contribution >= 4 is 22.5 Å². The van der Waals surface area contributed by atoms with Crippen LogP contribution in [0.2, 0.25) is 6.32 Å². The van der Waals surface area contributed by atoms with Crippen molar-refractivity contribution in [2.75, 3.05) is 27.7 Å². The molecule has 0 aliphatic heterocycles. The largest absolute Gasteiger partial charge is 0.331 e. The summed E-state index contributed by atoms with van der Waals surface area (Å²) in [5.74, 6) is 0. The molecule has 0 aliphatic carbocycles. The fourth-order valence-electron chi connectivity index (χ4n) is 6.71. The summed E-state index contributed by atoms with van der Waals surface area (Å²) in [5, 5.41) is 0. The molecule has 238 valence electrons. The third-order valence-corrected chi connectivity index (χ3v) is 9.28. The van der Waals surface area contributed by atoms with E-state index in [0.29, 0.717) is 0 Å². The first-order valence-electron chi connectivity index (χ1n) is 18.1. The Kier molecular flexibility index (Phi) is 19.1. The Hall–Kier alpha value is -2.32. The summed E-state index contributed by atoms with van der Waals surface area (Å²) >= 11 is 0. The molecular weight excluding hydrogens is 517 g/mol. The predicted octanol–water partition coefficient (Wildman–Crippen LogP) is 10.1. The molecule has 0 bridgehead atoms. The minimum atomic E-state index is -0.913. The summed E-state index contributed by atoms with van der Waals surface area (Å²) in [7, 11) is 6.88. The first kappa shape index (κ1) is 36.9. The second-order valence-electron chi connectivity index (χ2n) is 14.0. The van der Waals surface area contributed by atoms with Crippen LogP contribution in [0, 0.1) is 0 Å². The Labute approximate surface area is 268 Å². The van der Waals surface area contributed by atoms with Gasteiger partial charge in [-0.05, 0) is 12.8 Å². The van der Waals surface area contributed by atoms with Gasteiger partial charge in [0, 0.05) is 0 Å². The fraction of sp³-hybridized carbons (Fsp3) is 0.561. The molecule has 0 unspecified atom stereocenters. The standard InChI is InChI=1S/C22H24B.C19H42N/c1-2-3-19-23(20-13-7-4-8-14-20,21-15-9-5-10-16-21)22-17-11-6-12-18-22;1-5-6-7-8-9-10-11-12-13-14-15-16-17-18-19-20(2,3)4/h4-18H,2-3,19H2,1H3;5-19H2,1-4H3/q-1;+1. The van der Waals surface area contributed by atoms with Gasteiger partial charge in [0.15, 0.2) is 0 Å². The number of rotatable bonds is 21. The molecule has 0 N–H and O–H groups in total. The molecule has 0 aliphatic rings. The van der Waals surface area contributed by atoms with E-state index < -0.39 is 6.15 Å². The molecular formula is C41H66BN. The average molecular weight is 584 g/mol. The Morgan fingerprint density at radius 3 is 1.00 bits per heavy atom. The Morgan fingerprint density at radius 1 is 0.395 bits per heavy atom. The van der Waals surface area contributed by atoms with E-state index >= 15 is 0 Å². The monoisotopic (exact) mass is 584 g/mol. The molecule has 3 rings (SSSR count). The van der Waals surface area contributed by atoms with Crippen LogP contribution in [0.3, 0.4) is 0 Å². The summed E-state index contributed by atoms with van der Waals surface area (Å²) in [4.78, 5) is 0. The zero-order valence-corrected chi connectivity index (χ0v) is 28.9. The molecule has 43 heavy (non-hydrogen) atoms. The minimum absolute atomic E-state index is 0.913. The zero-order chi connectivity index (χ0) is 31.1. The zero-order valence-electron chi connectivity index (χ0n) is 28.9. The number of nitrogens with zero attached hydrogens (tertiary/aromatic N) is 1. The van der Waals surface area contributed by atoms with Crippen molar-refractivity contribution in [1.82, 2.24) is 0 Å². The maximum atomic E-state index is 2.30. The van der Waals surface area contributed by atoms with E-state index in [2.05, 4.69) is 126 Å². The summed E-state index contributed by atoms with van der Waals surface area (Å²) in [5.41, 5.74) is 4.33. The van der Waals surface area contributed by atoms with Gasteiger partial charge in [-0.1, -0.05) is 195 Å². The van der Waals surface area contributed by atoms with E-state index in [0.717, 1.165) is 4.48 Å². The molecule has 0 atom stereocenters. The van der Waals surface area contributed by atoms with Gasteiger partial charge in [0.2, 0.25) is 0 Å². The van der Waals surface area contributed by atoms with Gasteiger partial charge in [-0.2, -0.15) is 22.7 Å². The van der Waals surface area contributed by atoms with Crippen LogP contribution in [-0.2, 0) is 0 Å². The first-order valence-corrected chi connectivity index (χ1v) is 18.1. The number of hydrogen-bond donors (Lipinski definition) is 0. The van der Waals surface area contributed by atoms with E-state index in [1.54, 1.807) is 0 Å². The van der Waals surface area contributed by atoms with Crippen molar-refractivity contribution in [1.29, 1.82) is 0 Å². The second-order valence-corrected chi connectivity index (χ2v) is 14.0. The lowest BCUT2D eigenvalue weighted by molar-refractivity contribution is -0.870. The van der Waals surface area contributed by atoms with Crippen molar-refractivity contribution < 1.29 is 4.48 Å². The minimum Gasteiger partial charge on any atom is -0.331 e. The van der Waals surface area contributed by atoms with Gasteiger partial charge in [-0.15, -0.1) is 0 Å². The molecule has 0 spiro atoms. The van der Waals surface area contributed by atoms with E-state index in [9.17, 15) is 0 Å². The first-order chi connectivity index (χ1) is 20.9. The van der Waals surface area contributed by atoms with Crippen LogP contribution < -0.4 is 16.4 Å². The second kappa shape index (κ2) is 22.2. The maximum Gasteiger partial charge on any atom is 0.0814 e. The van der Waals surface area contributed by atoms with Crippen molar-refractivity contribution in [2.45, 2.75) is 123 Å². The Morgan fingerprint density at radius 2 is 0.698 bits per heavy atom. The number of unbranched alkanes of at least 4 members (excludes halogenated alkanes) is 14. The van der Waals surface area contributed by atoms with Crippen LogP contribution in [0.5, 0.6) is 0 Å². The van der Waals surface area contributed by atoms with Gasteiger partial charge < -0.3 is 4.48 Å². The van der Waals surface area contributed by atoms with Crippen molar-refractivity contribution in [3.8, 4) is 0 Å². The molecule has 3 aromatic carbocycles.